The SMILES string of the molecule is FC1(F)Sc2nnc(-c3ccccc3)n2N=C1c1ccccc1. The highest BCUT2D eigenvalue weighted by Gasteiger charge is 2.44. The zero-order valence-electron chi connectivity index (χ0n) is 11.7. The van der Waals surface area contributed by atoms with E-state index < -0.39 is 5.25 Å². The normalized spacial score (nSPS) is 15.8. The van der Waals surface area contributed by atoms with Crippen LogP contribution in [0.1, 0.15) is 5.56 Å². The standard InChI is InChI=1S/C16H10F2N4S/c17-16(18)13(11-7-3-1-4-8-11)21-22-14(19-20-15(22)23-16)12-9-5-2-6-10-12/h1-10H. The number of hydrogen-bond acceptors (Lipinski definition) is 4. The molecule has 1 aliphatic rings. The predicted molar refractivity (Wildman–Crippen MR) is 84.6 cm³/mol. The van der Waals surface area contributed by atoms with Crippen LogP contribution in [-0.2, 0) is 0 Å². The number of halogens is 2. The van der Waals surface area contributed by atoms with Crippen molar-refractivity contribution < 1.29 is 8.78 Å². The predicted octanol–water partition coefficient (Wildman–Crippen LogP) is 3.90. The monoisotopic (exact) mass is 328 g/mol. The molecule has 7 heteroatoms. The summed E-state index contributed by atoms with van der Waals surface area (Å²) in [7, 11) is 0. The molecule has 2 aromatic carbocycles. The summed E-state index contributed by atoms with van der Waals surface area (Å²) in [4.78, 5) is 0. The summed E-state index contributed by atoms with van der Waals surface area (Å²) in [5.74, 6) is 0.442. The van der Waals surface area contributed by atoms with Crippen LogP contribution in [0.2, 0.25) is 0 Å². The minimum atomic E-state index is -3.15. The molecule has 23 heavy (non-hydrogen) atoms. The van der Waals surface area contributed by atoms with E-state index in [9.17, 15) is 8.78 Å². The Hall–Kier alpha value is -2.54. The van der Waals surface area contributed by atoms with Crippen molar-refractivity contribution in [1.82, 2.24) is 14.9 Å². The van der Waals surface area contributed by atoms with Crippen LogP contribution in [0.15, 0.2) is 70.9 Å². The maximum absolute atomic E-state index is 14.4. The van der Waals surface area contributed by atoms with Gasteiger partial charge in [0.15, 0.2) is 5.82 Å². The van der Waals surface area contributed by atoms with E-state index in [0.29, 0.717) is 23.1 Å². The van der Waals surface area contributed by atoms with Gasteiger partial charge in [0, 0.05) is 11.1 Å². The van der Waals surface area contributed by atoms with Crippen LogP contribution in [0.3, 0.4) is 0 Å². The summed E-state index contributed by atoms with van der Waals surface area (Å²) >= 11 is 0.358. The second-order valence-electron chi connectivity index (χ2n) is 4.92. The summed E-state index contributed by atoms with van der Waals surface area (Å²) in [6.07, 6.45) is 0. The third kappa shape index (κ3) is 2.43. The van der Waals surface area contributed by atoms with Gasteiger partial charge in [-0.1, -0.05) is 60.7 Å². The molecule has 0 unspecified atom stereocenters. The lowest BCUT2D eigenvalue weighted by Crippen LogP contribution is -2.30. The molecule has 0 N–H and O–H groups in total. The van der Waals surface area contributed by atoms with Crippen molar-refractivity contribution in [3.63, 3.8) is 0 Å². The average Bonchev–Trinajstić information content (AvgIpc) is 2.97. The van der Waals surface area contributed by atoms with Crippen LogP contribution < -0.4 is 0 Å². The van der Waals surface area contributed by atoms with E-state index in [0.717, 1.165) is 5.56 Å². The van der Waals surface area contributed by atoms with E-state index >= 15 is 0 Å². The Bertz CT molecular complexity index is 876. The first-order chi connectivity index (χ1) is 11.1. The Morgan fingerprint density at radius 1 is 0.826 bits per heavy atom. The van der Waals surface area contributed by atoms with Gasteiger partial charge in [-0.25, -0.2) is 0 Å². The molecule has 0 fully saturated rings. The summed E-state index contributed by atoms with van der Waals surface area (Å²) in [6.45, 7) is 0. The van der Waals surface area contributed by atoms with Gasteiger partial charge < -0.3 is 0 Å². The van der Waals surface area contributed by atoms with Gasteiger partial charge in [-0.2, -0.15) is 18.6 Å². The molecular weight excluding hydrogens is 318 g/mol. The number of benzene rings is 2. The van der Waals surface area contributed by atoms with Crippen molar-refractivity contribution in [1.29, 1.82) is 0 Å². The van der Waals surface area contributed by atoms with E-state index in [1.165, 1.54) is 4.68 Å². The molecule has 0 amide bonds. The molecule has 2 heterocycles. The molecule has 114 valence electrons. The lowest BCUT2D eigenvalue weighted by molar-refractivity contribution is 0.181. The largest absolute Gasteiger partial charge is 0.345 e. The van der Waals surface area contributed by atoms with Crippen molar-refractivity contribution >= 4 is 17.5 Å². The number of aromatic nitrogens is 3. The molecule has 1 aromatic heterocycles. The first-order valence-corrected chi connectivity index (χ1v) is 7.69. The van der Waals surface area contributed by atoms with Crippen molar-refractivity contribution in [3.05, 3.63) is 66.2 Å². The van der Waals surface area contributed by atoms with Gasteiger partial charge in [0.1, 0.15) is 5.71 Å². The lowest BCUT2D eigenvalue weighted by Gasteiger charge is -2.22. The van der Waals surface area contributed by atoms with Gasteiger partial charge >= 0.3 is 5.25 Å². The van der Waals surface area contributed by atoms with Gasteiger partial charge in [-0.3, -0.25) is 0 Å². The van der Waals surface area contributed by atoms with Crippen molar-refractivity contribution in [2.24, 2.45) is 5.10 Å². The zero-order valence-corrected chi connectivity index (χ0v) is 12.5. The number of thioether (sulfide) groups is 1. The Balaban J connectivity index is 1.89. The second-order valence-corrected chi connectivity index (χ2v) is 6.00. The van der Waals surface area contributed by atoms with Crippen LogP contribution in [0.4, 0.5) is 8.78 Å². The number of alkyl halides is 2. The van der Waals surface area contributed by atoms with Gasteiger partial charge in [-0.05, 0) is 11.8 Å². The lowest BCUT2D eigenvalue weighted by atomic mass is 10.1. The second kappa shape index (κ2) is 5.27. The van der Waals surface area contributed by atoms with Crippen LogP contribution >= 0.6 is 11.8 Å². The Morgan fingerprint density at radius 3 is 2.09 bits per heavy atom. The molecule has 1 aliphatic heterocycles. The van der Waals surface area contributed by atoms with Gasteiger partial charge in [0.2, 0.25) is 5.16 Å². The first-order valence-electron chi connectivity index (χ1n) is 6.88. The van der Waals surface area contributed by atoms with Crippen molar-refractivity contribution in [2.75, 3.05) is 0 Å². The molecule has 0 saturated heterocycles. The molecule has 0 aliphatic carbocycles. The average molecular weight is 328 g/mol. The van der Waals surface area contributed by atoms with Crippen LogP contribution in [0.5, 0.6) is 0 Å². The maximum atomic E-state index is 14.4. The topological polar surface area (TPSA) is 43.1 Å². The van der Waals surface area contributed by atoms with E-state index in [1.807, 2.05) is 30.3 Å². The summed E-state index contributed by atoms with van der Waals surface area (Å²) in [5, 5.41) is 8.92. The number of hydrogen-bond donors (Lipinski definition) is 0. The molecule has 4 rings (SSSR count). The van der Waals surface area contributed by atoms with E-state index in [-0.39, 0.29) is 10.9 Å². The molecule has 0 atom stereocenters. The summed E-state index contributed by atoms with van der Waals surface area (Å²) < 4.78 is 30.2. The van der Waals surface area contributed by atoms with Crippen molar-refractivity contribution in [2.45, 2.75) is 10.4 Å². The van der Waals surface area contributed by atoms with Crippen LogP contribution in [0.25, 0.3) is 11.4 Å². The van der Waals surface area contributed by atoms with E-state index in [1.54, 1.807) is 30.3 Å². The minimum absolute atomic E-state index is 0.0773. The van der Waals surface area contributed by atoms with Crippen molar-refractivity contribution in [3.8, 4) is 11.4 Å². The van der Waals surface area contributed by atoms with Gasteiger partial charge in [-0.15, -0.1) is 10.2 Å². The highest BCUT2D eigenvalue weighted by Crippen LogP contribution is 2.42. The fourth-order valence-corrected chi connectivity index (χ4v) is 3.11. The fourth-order valence-electron chi connectivity index (χ4n) is 2.33. The van der Waals surface area contributed by atoms with Crippen LogP contribution in [0, 0.1) is 0 Å². The summed E-state index contributed by atoms with van der Waals surface area (Å²) in [6, 6.07) is 17.7. The Morgan fingerprint density at radius 2 is 1.43 bits per heavy atom. The number of rotatable bonds is 2. The highest BCUT2D eigenvalue weighted by atomic mass is 32.2. The summed E-state index contributed by atoms with van der Waals surface area (Å²) in [5.41, 5.74) is 0.851. The highest BCUT2D eigenvalue weighted by molar-refractivity contribution is 8.01. The molecule has 0 radical (unpaired) electrons. The van der Waals surface area contributed by atoms with Gasteiger partial charge in [0.05, 0.1) is 0 Å². The smallest absolute Gasteiger partial charge is 0.186 e. The van der Waals surface area contributed by atoms with Gasteiger partial charge in [0.25, 0.3) is 0 Å². The minimum Gasteiger partial charge on any atom is -0.186 e. The van der Waals surface area contributed by atoms with Crippen LogP contribution in [-0.4, -0.2) is 25.8 Å². The third-order valence-electron chi connectivity index (χ3n) is 3.39. The zero-order chi connectivity index (χ0) is 15.9. The number of fused-ring (bicyclic) bond motifs is 1. The van der Waals surface area contributed by atoms with E-state index in [2.05, 4.69) is 15.3 Å². The number of nitrogens with zero attached hydrogens (tertiary/aromatic N) is 4. The molecule has 3 aromatic rings. The fraction of sp³-hybridized carbons (Fsp3) is 0.0625. The van der Waals surface area contributed by atoms with E-state index in [4.69, 9.17) is 0 Å². The third-order valence-corrected chi connectivity index (χ3v) is 4.27. The molecule has 0 spiro atoms. The Kier molecular flexibility index (Phi) is 3.23. The Labute approximate surface area is 134 Å². The molecule has 0 bridgehead atoms. The quantitative estimate of drug-likeness (QED) is 0.717. The molecule has 0 saturated carbocycles. The molecular formula is C16H10F2N4S. The maximum Gasteiger partial charge on any atom is 0.345 e. The molecule has 4 nitrogen and oxygen atoms in total. The first kappa shape index (κ1) is 14.1.